The fourth-order valence-corrected chi connectivity index (χ4v) is 4.03. The summed E-state index contributed by atoms with van der Waals surface area (Å²) in [7, 11) is 0. The third-order valence-electron chi connectivity index (χ3n) is 5.70. The van der Waals surface area contributed by atoms with Gasteiger partial charge in [-0.15, -0.1) is 0 Å². The molecular formula is C22H22FN3O3. The number of hydrogen-bond donors (Lipinski definition) is 1. The van der Waals surface area contributed by atoms with E-state index in [1.54, 1.807) is 4.90 Å². The molecule has 6 nitrogen and oxygen atoms in total. The Bertz CT molecular complexity index is 1160. The molecule has 1 aliphatic heterocycles. The van der Waals surface area contributed by atoms with Gasteiger partial charge in [-0.05, 0) is 43.5 Å². The predicted octanol–water partition coefficient (Wildman–Crippen LogP) is 2.80. The van der Waals surface area contributed by atoms with Gasteiger partial charge in [-0.3, -0.25) is 14.2 Å². The van der Waals surface area contributed by atoms with Gasteiger partial charge in [0.15, 0.2) is 0 Å². The summed E-state index contributed by atoms with van der Waals surface area (Å²) in [5.74, 6) is -0.734. The first-order valence-corrected chi connectivity index (χ1v) is 9.73. The molecule has 0 radical (unpaired) electrons. The molecule has 0 aliphatic carbocycles. The van der Waals surface area contributed by atoms with Crippen LogP contribution in [0.4, 0.5) is 4.39 Å². The summed E-state index contributed by atoms with van der Waals surface area (Å²) in [4.78, 5) is 42.6. The molecule has 0 bridgehead atoms. The van der Waals surface area contributed by atoms with Crippen LogP contribution in [-0.2, 0) is 4.79 Å². The maximum Gasteiger partial charge on any atom is 0.329 e. The molecule has 1 unspecified atom stereocenters. The number of nitrogens with zero attached hydrogens (tertiary/aromatic N) is 2. The molecule has 1 aromatic heterocycles. The third-order valence-corrected chi connectivity index (χ3v) is 5.70. The molecule has 3 aromatic rings. The fourth-order valence-electron chi connectivity index (χ4n) is 4.03. The first-order chi connectivity index (χ1) is 14.0. The maximum absolute atomic E-state index is 13.6. The highest BCUT2D eigenvalue weighted by molar-refractivity contribution is 5.83. The van der Waals surface area contributed by atoms with Crippen molar-refractivity contribution in [3.05, 3.63) is 80.7 Å². The van der Waals surface area contributed by atoms with Crippen molar-refractivity contribution in [1.82, 2.24) is 14.5 Å². The molecule has 4 rings (SSSR count). The van der Waals surface area contributed by atoms with E-state index in [2.05, 4.69) is 4.98 Å². The van der Waals surface area contributed by atoms with Gasteiger partial charge in [-0.1, -0.05) is 30.3 Å². The standard InChI is InChI=1S/C22H22FN3O3/c1-14(15-5-3-2-4-6-15)20(27)25-11-9-17(10-12-25)26-21(28)18-13-16(23)7-8-19(18)24-22(26)29/h2-8,13-14,17H,9-12H2,1H3,(H,24,29). The van der Waals surface area contributed by atoms with Crippen LogP contribution in [0.25, 0.3) is 10.9 Å². The van der Waals surface area contributed by atoms with Crippen LogP contribution in [0.1, 0.15) is 37.3 Å². The molecule has 1 saturated heterocycles. The van der Waals surface area contributed by atoms with Gasteiger partial charge < -0.3 is 9.88 Å². The lowest BCUT2D eigenvalue weighted by Crippen LogP contribution is -2.45. The fraction of sp³-hybridized carbons (Fsp3) is 0.318. The minimum absolute atomic E-state index is 0.0384. The van der Waals surface area contributed by atoms with E-state index in [-0.39, 0.29) is 23.3 Å². The van der Waals surface area contributed by atoms with Gasteiger partial charge in [0.05, 0.1) is 16.8 Å². The van der Waals surface area contributed by atoms with Gasteiger partial charge in [-0.25, -0.2) is 9.18 Å². The van der Waals surface area contributed by atoms with Crippen LogP contribution in [0.15, 0.2) is 58.1 Å². The summed E-state index contributed by atoms with van der Waals surface area (Å²) in [5, 5.41) is 0.154. The second kappa shape index (κ2) is 7.66. The molecule has 1 fully saturated rings. The third kappa shape index (κ3) is 3.60. The van der Waals surface area contributed by atoms with Crippen LogP contribution < -0.4 is 11.2 Å². The molecule has 150 valence electrons. The van der Waals surface area contributed by atoms with Gasteiger partial charge >= 0.3 is 5.69 Å². The summed E-state index contributed by atoms with van der Waals surface area (Å²) >= 11 is 0. The Morgan fingerprint density at radius 2 is 1.79 bits per heavy atom. The number of rotatable bonds is 3. The van der Waals surface area contributed by atoms with Crippen molar-refractivity contribution in [3.63, 3.8) is 0 Å². The van der Waals surface area contributed by atoms with Crippen LogP contribution in [0, 0.1) is 5.82 Å². The van der Waals surface area contributed by atoms with Crippen LogP contribution in [-0.4, -0.2) is 33.4 Å². The summed E-state index contributed by atoms with van der Waals surface area (Å²) in [6, 6.07) is 13.0. The first-order valence-electron chi connectivity index (χ1n) is 9.73. The quantitative estimate of drug-likeness (QED) is 0.741. The highest BCUT2D eigenvalue weighted by atomic mass is 19.1. The highest BCUT2D eigenvalue weighted by Crippen LogP contribution is 2.24. The van der Waals surface area contributed by atoms with Crippen LogP contribution in [0.2, 0.25) is 0 Å². The van der Waals surface area contributed by atoms with Crippen LogP contribution >= 0.6 is 0 Å². The Hall–Kier alpha value is -3.22. The number of carbonyl (C=O) groups excluding carboxylic acids is 1. The number of fused-ring (bicyclic) bond motifs is 1. The number of halogens is 1. The van der Waals surface area contributed by atoms with E-state index in [0.717, 1.165) is 11.6 Å². The second-order valence-electron chi connectivity index (χ2n) is 7.48. The normalized spacial score (nSPS) is 16.1. The van der Waals surface area contributed by atoms with Crippen molar-refractivity contribution in [2.24, 2.45) is 0 Å². The zero-order chi connectivity index (χ0) is 20.5. The number of carbonyl (C=O) groups is 1. The Labute approximate surface area is 166 Å². The summed E-state index contributed by atoms with van der Waals surface area (Å²) < 4.78 is 14.7. The SMILES string of the molecule is CC(C(=O)N1CCC(n2c(=O)[nH]c3ccc(F)cc3c2=O)CC1)c1ccccc1. The number of hydrogen-bond acceptors (Lipinski definition) is 3. The molecule has 2 heterocycles. The second-order valence-corrected chi connectivity index (χ2v) is 7.48. The number of likely N-dealkylation sites (tertiary alicyclic amines) is 1. The first kappa shape index (κ1) is 19.1. The lowest BCUT2D eigenvalue weighted by molar-refractivity contribution is -0.133. The Balaban J connectivity index is 1.54. The average molecular weight is 395 g/mol. The van der Waals surface area contributed by atoms with Crippen LogP contribution in [0.5, 0.6) is 0 Å². The van der Waals surface area contributed by atoms with E-state index < -0.39 is 17.1 Å². The summed E-state index contributed by atoms with van der Waals surface area (Å²) in [6.45, 7) is 2.82. The van der Waals surface area contributed by atoms with E-state index in [9.17, 15) is 18.8 Å². The number of amides is 1. The van der Waals surface area contributed by atoms with Crippen molar-refractivity contribution in [2.75, 3.05) is 13.1 Å². The molecular weight excluding hydrogens is 373 g/mol. The molecule has 1 aliphatic rings. The Kier molecular flexibility index (Phi) is 5.05. The molecule has 1 N–H and O–H groups in total. The number of aromatic amines is 1. The molecule has 0 saturated carbocycles. The molecule has 2 aromatic carbocycles. The number of benzene rings is 2. The molecule has 29 heavy (non-hydrogen) atoms. The van der Waals surface area contributed by atoms with Crippen molar-refractivity contribution >= 4 is 16.8 Å². The zero-order valence-electron chi connectivity index (χ0n) is 16.1. The van der Waals surface area contributed by atoms with Crippen LogP contribution in [0.3, 0.4) is 0 Å². The van der Waals surface area contributed by atoms with Gasteiger partial charge in [0.2, 0.25) is 5.91 Å². The van der Waals surface area contributed by atoms with Crippen molar-refractivity contribution in [3.8, 4) is 0 Å². The van der Waals surface area contributed by atoms with Crippen molar-refractivity contribution in [2.45, 2.75) is 31.7 Å². The molecule has 1 amide bonds. The van der Waals surface area contributed by atoms with E-state index in [1.165, 1.54) is 16.7 Å². The summed E-state index contributed by atoms with van der Waals surface area (Å²) in [6.07, 6.45) is 0.994. The minimum atomic E-state index is -0.525. The van der Waals surface area contributed by atoms with Gasteiger partial charge in [0.1, 0.15) is 5.82 Å². The van der Waals surface area contributed by atoms with Gasteiger partial charge in [0.25, 0.3) is 5.56 Å². The topological polar surface area (TPSA) is 75.2 Å². The molecule has 1 atom stereocenters. The summed E-state index contributed by atoms with van der Waals surface area (Å²) in [5.41, 5.74) is 0.285. The van der Waals surface area contributed by atoms with E-state index >= 15 is 0 Å². The number of piperidine rings is 1. The van der Waals surface area contributed by atoms with Gasteiger partial charge in [-0.2, -0.15) is 0 Å². The Morgan fingerprint density at radius 1 is 1.10 bits per heavy atom. The monoisotopic (exact) mass is 395 g/mol. The Morgan fingerprint density at radius 3 is 2.48 bits per heavy atom. The van der Waals surface area contributed by atoms with Crippen molar-refractivity contribution in [1.29, 1.82) is 0 Å². The largest absolute Gasteiger partial charge is 0.342 e. The van der Waals surface area contributed by atoms with Gasteiger partial charge in [0, 0.05) is 19.1 Å². The average Bonchev–Trinajstić information content (AvgIpc) is 2.74. The zero-order valence-corrected chi connectivity index (χ0v) is 16.1. The minimum Gasteiger partial charge on any atom is -0.342 e. The highest BCUT2D eigenvalue weighted by Gasteiger charge is 2.29. The predicted molar refractivity (Wildman–Crippen MR) is 108 cm³/mol. The van der Waals surface area contributed by atoms with Crippen molar-refractivity contribution < 1.29 is 9.18 Å². The number of nitrogens with one attached hydrogen (secondary N) is 1. The van der Waals surface area contributed by atoms with E-state index in [1.807, 2.05) is 37.3 Å². The molecule has 0 spiro atoms. The number of aromatic nitrogens is 2. The lowest BCUT2D eigenvalue weighted by atomic mass is 9.97. The van der Waals surface area contributed by atoms with E-state index in [4.69, 9.17) is 0 Å². The van der Waals surface area contributed by atoms with E-state index in [0.29, 0.717) is 31.4 Å². The maximum atomic E-state index is 13.6. The lowest BCUT2D eigenvalue weighted by Gasteiger charge is -2.34. The smallest absolute Gasteiger partial charge is 0.329 e. The molecule has 7 heteroatoms. The number of H-pyrrole nitrogens is 1.